The molecule has 4 heteroatoms. The van der Waals surface area contributed by atoms with Gasteiger partial charge in [0.25, 0.3) is 0 Å². The molecule has 0 saturated heterocycles. The number of cyclic esters (lactones) is 1. The number of ketones is 2. The van der Waals surface area contributed by atoms with Crippen molar-refractivity contribution in [1.29, 1.82) is 0 Å². The van der Waals surface area contributed by atoms with E-state index in [1.54, 1.807) is 6.08 Å². The Kier molecular flexibility index (Phi) is 4.70. The highest BCUT2D eigenvalue weighted by Crippen LogP contribution is 2.20. The second-order valence-electron chi connectivity index (χ2n) is 5.74. The molecule has 2 aromatic carbocycles. The molecule has 4 nitrogen and oxygen atoms in total. The van der Waals surface area contributed by atoms with Crippen molar-refractivity contribution < 1.29 is 19.1 Å². The summed E-state index contributed by atoms with van der Waals surface area (Å²) in [5.41, 5.74) is 2.97. The van der Waals surface area contributed by atoms with E-state index in [0.29, 0.717) is 0 Å². The van der Waals surface area contributed by atoms with E-state index in [-0.39, 0.29) is 5.76 Å². The molecule has 25 heavy (non-hydrogen) atoms. The molecule has 2 aromatic rings. The van der Waals surface area contributed by atoms with Gasteiger partial charge in [-0.2, -0.15) is 0 Å². The van der Waals surface area contributed by atoms with Crippen LogP contribution in [0.4, 0.5) is 0 Å². The van der Waals surface area contributed by atoms with E-state index in [9.17, 15) is 14.4 Å². The van der Waals surface area contributed by atoms with Crippen LogP contribution in [0.2, 0.25) is 0 Å². The maximum Gasteiger partial charge on any atom is 0.329 e. The predicted octanol–water partition coefficient (Wildman–Crippen LogP) is 3.58. The molecule has 1 atom stereocenters. The average molecular weight is 332 g/mol. The number of esters is 1. The summed E-state index contributed by atoms with van der Waals surface area (Å²) in [6.45, 7) is 1.50. The van der Waals surface area contributed by atoms with E-state index < -0.39 is 23.5 Å². The molecule has 124 valence electrons. The summed E-state index contributed by atoms with van der Waals surface area (Å²) in [6, 6.07) is 17.6. The van der Waals surface area contributed by atoms with Crippen LogP contribution in [0.1, 0.15) is 12.5 Å². The van der Waals surface area contributed by atoms with Gasteiger partial charge in [0.1, 0.15) is 5.76 Å². The zero-order valence-corrected chi connectivity index (χ0v) is 13.6. The van der Waals surface area contributed by atoms with Crippen LogP contribution in [0.5, 0.6) is 0 Å². The fraction of sp³-hybridized carbons (Fsp3) is 0.0952. The lowest BCUT2D eigenvalue weighted by atomic mass is 9.95. The minimum Gasteiger partial charge on any atom is -0.430 e. The van der Waals surface area contributed by atoms with Gasteiger partial charge in [-0.25, -0.2) is 0 Å². The summed E-state index contributed by atoms with van der Waals surface area (Å²) < 4.78 is 4.85. The first-order valence-corrected chi connectivity index (χ1v) is 7.86. The number of ether oxygens (including phenoxy) is 1. The predicted molar refractivity (Wildman–Crippen MR) is 94.3 cm³/mol. The molecule has 3 rings (SSSR count). The summed E-state index contributed by atoms with van der Waals surface area (Å²) in [7, 11) is 0. The molecular weight excluding hydrogens is 316 g/mol. The third kappa shape index (κ3) is 3.80. The maximum atomic E-state index is 12.1. The van der Waals surface area contributed by atoms with Gasteiger partial charge in [0, 0.05) is 6.08 Å². The molecule has 0 aromatic heterocycles. The van der Waals surface area contributed by atoms with Crippen molar-refractivity contribution in [3.63, 3.8) is 0 Å². The smallest absolute Gasteiger partial charge is 0.329 e. The minimum atomic E-state index is -1.40. The molecule has 0 saturated carbocycles. The van der Waals surface area contributed by atoms with Crippen molar-refractivity contribution in [1.82, 2.24) is 0 Å². The summed E-state index contributed by atoms with van der Waals surface area (Å²) in [5.74, 6) is -3.13. The van der Waals surface area contributed by atoms with Crippen molar-refractivity contribution >= 4 is 23.6 Å². The highest BCUT2D eigenvalue weighted by molar-refractivity contribution is 6.25. The Bertz CT molecular complexity index is 874. The van der Waals surface area contributed by atoms with Gasteiger partial charge in [0.2, 0.25) is 0 Å². The third-order valence-electron chi connectivity index (χ3n) is 3.87. The molecule has 0 unspecified atom stereocenters. The minimum absolute atomic E-state index is 0.208. The van der Waals surface area contributed by atoms with Crippen LogP contribution < -0.4 is 0 Å². The van der Waals surface area contributed by atoms with E-state index in [1.165, 1.54) is 19.1 Å². The molecule has 0 amide bonds. The second kappa shape index (κ2) is 7.09. The lowest BCUT2D eigenvalue weighted by molar-refractivity contribution is -0.151. The van der Waals surface area contributed by atoms with Crippen LogP contribution in [0, 0.1) is 5.92 Å². The monoisotopic (exact) mass is 332 g/mol. The van der Waals surface area contributed by atoms with E-state index >= 15 is 0 Å². The van der Waals surface area contributed by atoms with Gasteiger partial charge in [-0.3, -0.25) is 14.4 Å². The van der Waals surface area contributed by atoms with Crippen molar-refractivity contribution in [2.75, 3.05) is 0 Å². The highest BCUT2D eigenvalue weighted by Gasteiger charge is 2.36. The van der Waals surface area contributed by atoms with Gasteiger partial charge in [0.05, 0.1) is 0 Å². The summed E-state index contributed by atoms with van der Waals surface area (Å²) >= 11 is 0. The zero-order valence-electron chi connectivity index (χ0n) is 13.6. The molecule has 0 spiro atoms. The number of benzene rings is 2. The first kappa shape index (κ1) is 16.6. The largest absolute Gasteiger partial charge is 0.430 e. The van der Waals surface area contributed by atoms with Gasteiger partial charge in [-0.05, 0) is 29.7 Å². The Morgan fingerprint density at radius 1 is 0.960 bits per heavy atom. The van der Waals surface area contributed by atoms with Gasteiger partial charge < -0.3 is 4.74 Å². The van der Waals surface area contributed by atoms with Crippen molar-refractivity contribution in [2.45, 2.75) is 6.92 Å². The first-order chi connectivity index (χ1) is 12.0. The van der Waals surface area contributed by atoms with Crippen molar-refractivity contribution in [3.05, 3.63) is 78.1 Å². The van der Waals surface area contributed by atoms with Crippen LogP contribution in [0.3, 0.4) is 0 Å². The normalized spacial score (nSPS) is 17.3. The fourth-order valence-corrected chi connectivity index (χ4v) is 2.60. The average Bonchev–Trinajstić information content (AvgIpc) is 2.60. The number of allylic oxidation sites excluding steroid dienone is 3. The number of carbonyl (C=O) groups is 3. The Balaban J connectivity index is 1.73. The molecule has 0 N–H and O–H groups in total. The standard InChI is InChI=1S/C21H16O4/c1-14-13-19(23)20(21(24)25-14)18(22)12-9-15-7-10-17(11-8-15)16-5-3-2-4-6-16/h2-13,20H,1H3/b12-9+/t20-/m1/s1. The Hall–Kier alpha value is -3.27. The van der Waals surface area contributed by atoms with Gasteiger partial charge >= 0.3 is 5.97 Å². The lowest BCUT2D eigenvalue weighted by Gasteiger charge is -2.15. The van der Waals surface area contributed by atoms with Crippen molar-refractivity contribution in [2.24, 2.45) is 5.92 Å². The molecule has 0 bridgehead atoms. The SMILES string of the molecule is CC1=CC(=O)[C@@H](C(=O)/C=C/c2ccc(-c3ccccc3)cc2)C(=O)O1. The van der Waals surface area contributed by atoms with Crippen LogP contribution in [-0.2, 0) is 19.1 Å². The van der Waals surface area contributed by atoms with Crippen LogP contribution in [0.25, 0.3) is 17.2 Å². The fourth-order valence-electron chi connectivity index (χ4n) is 2.60. The molecule has 1 aliphatic heterocycles. The number of hydrogen-bond acceptors (Lipinski definition) is 4. The number of carbonyl (C=O) groups excluding carboxylic acids is 3. The van der Waals surface area contributed by atoms with E-state index in [2.05, 4.69) is 0 Å². The zero-order chi connectivity index (χ0) is 17.8. The summed E-state index contributed by atoms with van der Waals surface area (Å²) in [6.07, 6.45) is 4.01. The first-order valence-electron chi connectivity index (χ1n) is 7.86. The quantitative estimate of drug-likeness (QED) is 0.488. The molecular formula is C21H16O4. The third-order valence-corrected chi connectivity index (χ3v) is 3.87. The summed E-state index contributed by atoms with van der Waals surface area (Å²) in [5, 5.41) is 0. The molecule has 1 aliphatic rings. The van der Waals surface area contributed by atoms with E-state index in [4.69, 9.17) is 4.74 Å². The molecule has 0 fully saturated rings. The highest BCUT2D eigenvalue weighted by atomic mass is 16.5. The van der Waals surface area contributed by atoms with Crippen LogP contribution in [0.15, 0.2) is 72.5 Å². The van der Waals surface area contributed by atoms with Crippen LogP contribution in [-0.4, -0.2) is 17.5 Å². The Morgan fingerprint density at radius 2 is 1.60 bits per heavy atom. The molecule has 1 heterocycles. The number of hydrogen-bond donors (Lipinski definition) is 0. The van der Waals surface area contributed by atoms with Gasteiger partial charge in [-0.15, -0.1) is 0 Å². The lowest BCUT2D eigenvalue weighted by Crippen LogP contribution is -2.34. The summed E-state index contributed by atoms with van der Waals surface area (Å²) in [4.78, 5) is 35.7. The Labute approximate surface area is 145 Å². The van der Waals surface area contributed by atoms with Crippen molar-refractivity contribution in [3.8, 4) is 11.1 Å². The van der Waals surface area contributed by atoms with E-state index in [0.717, 1.165) is 16.7 Å². The Morgan fingerprint density at radius 3 is 2.24 bits per heavy atom. The molecule has 0 aliphatic carbocycles. The molecule has 0 radical (unpaired) electrons. The second-order valence-corrected chi connectivity index (χ2v) is 5.74. The van der Waals surface area contributed by atoms with Gasteiger partial charge in [0.15, 0.2) is 17.5 Å². The topological polar surface area (TPSA) is 60.4 Å². The maximum absolute atomic E-state index is 12.1. The van der Waals surface area contributed by atoms with Gasteiger partial charge in [-0.1, -0.05) is 60.7 Å². The number of rotatable bonds is 4. The van der Waals surface area contributed by atoms with E-state index in [1.807, 2.05) is 54.6 Å². The van der Waals surface area contributed by atoms with Crippen LogP contribution >= 0.6 is 0 Å².